The Morgan fingerprint density at radius 1 is 1.07 bits per heavy atom. The lowest BCUT2D eigenvalue weighted by Gasteiger charge is -2.24. The molecule has 5 nitrogen and oxygen atoms in total. The molecule has 0 fully saturated rings. The molecule has 0 aliphatic heterocycles. The third kappa shape index (κ3) is 7.11. The van der Waals surface area contributed by atoms with Crippen LogP contribution in [0.5, 0.6) is 11.5 Å². The van der Waals surface area contributed by atoms with E-state index >= 15 is 0 Å². The monoisotopic (exact) mass is 396 g/mol. The molecule has 0 saturated heterocycles. The Balaban J connectivity index is 1.73. The van der Waals surface area contributed by atoms with Gasteiger partial charge < -0.3 is 14.8 Å². The minimum Gasteiger partial charge on any atom is -0.494 e. The average molecular weight is 396 g/mol. The number of hydrogen-bond acceptors (Lipinski definition) is 4. The summed E-state index contributed by atoms with van der Waals surface area (Å²) in [5.41, 5.74) is 0.492. The minimum absolute atomic E-state index is 0.0271. The van der Waals surface area contributed by atoms with Crippen molar-refractivity contribution < 1.29 is 27.4 Å². The molecule has 1 atom stereocenters. The zero-order chi connectivity index (χ0) is 20.5. The highest BCUT2D eigenvalue weighted by atomic mass is 19.3. The molecule has 1 unspecified atom stereocenters. The van der Waals surface area contributed by atoms with Gasteiger partial charge >= 0.3 is 6.61 Å². The van der Waals surface area contributed by atoms with Crippen molar-refractivity contribution in [3.63, 3.8) is 0 Å². The van der Waals surface area contributed by atoms with Crippen LogP contribution >= 0.6 is 0 Å². The van der Waals surface area contributed by atoms with Crippen molar-refractivity contribution in [2.75, 3.05) is 25.5 Å². The zero-order valence-electron chi connectivity index (χ0n) is 15.7. The Bertz CT molecular complexity index is 739. The maximum Gasteiger partial charge on any atom is 0.387 e. The summed E-state index contributed by atoms with van der Waals surface area (Å²) in [6, 6.07) is 11.1. The lowest BCUT2D eigenvalue weighted by molar-refractivity contribution is -0.120. The second-order valence-corrected chi connectivity index (χ2v) is 6.20. The Morgan fingerprint density at radius 3 is 2.29 bits per heavy atom. The number of nitrogens with zero attached hydrogens (tertiary/aromatic N) is 1. The SMILES string of the molecule is CC(C(=O)Nc1ccc(OC(F)F)cc1)N(C)CCCOc1ccc(F)cc1. The lowest BCUT2D eigenvalue weighted by atomic mass is 10.2. The van der Waals surface area contributed by atoms with Gasteiger partial charge in [-0.1, -0.05) is 0 Å². The van der Waals surface area contributed by atoms with Gasteiger partial charge in [0.05, 0.1) is 12.6 Å². The van der Waals surface area contributed by atoms with Crippen molar-refractivity contribution in [1.82, 2.24) is 4.90 Å². The number of alkyl halides is 2. The maximum absolute atomic E-state index is 12.8. The largest absolute Gasteiger partial charge is 0.494 e. The number of carbonyl (C=O) groups is 1. The first-order valence-electron chi connectivity index (χ1n) is 8.79. The lowest BCUT2D eigenvalue weighted by Crippen LogP contribution is -2.40. The minimum atomic E-state index is -2.89. The molecular weight excluding hydrogens is 373 g/mol. The molecule has 1 N–H and O–H groups in total. The topological polar surface area (TPSA) is 50.8 Å². The van der Waals surface area contributed by atoms with Crippen molar-refractivity contribution in [1.29, 1.82) is 0 Å². The normalized spacial score (nSPS) is 12.1. The Kier molecular flexibility index (Phi) is 8.13. The van der Waals surface area contributed by atoms with Crippen LogP contribution in [-0.2, 0) is 4.79 Å². The van der Waals surface area contributed by atoms with Crippen LogP contribution in [0.3, 0.4) is 0 Å². The van der Waals surface area contributed by atoms with Crippen molar-refractivity contribution in [2.24, 2.45) is 0 Å². The molecule has 0 heterocycles. The van der Waals surface area contributed by atoms with Gasteiger partial charge in [-0.05, 0) is 68.9 Å². The van der Waals surface area contributed by atoms with E-state index < -0.39 is 12.7 Å². The molecule has 0 radical (unpaired) electrons. The summed E-state index contributed by atoms with van der Waals surface area (Å²) >= 11 is 0. The number of ether oxygens (including phenoxy) is 2. The molecule has 0 aliphatic carbocycles. The average Bonchev–Trinajstić information content (AvgIpc) is 2.67. The van der Waals surface area contributed by atoms with Crippen LogP contribution in [0.1, 0.15) is 13.3 Å². The van der Waals surface area contributed by atoms with E-state index in [1.54, 1.807) is 19.1 Å². The third-order valence-electron chi connectivity index (χ3n) is 4.13. The molecule has 152 valence electrons. The third-order valence-corrected chi connectivity index (χ3v) is 4.13. The molecule has 2 aromatic carbocycles. The first-order chi connectivity index (χ1) is 13.3. The van der Waals surface area contributed by atoms with Gasteiger partial charge in [0.2, 0.25) is 5.91 Å². The van der Waals surface area contributed by atoms with Crippen LogP contribution in [0, 0.1) is 5.82 Å². The number of halogens is 3. The van der Waals surface area contributed by atoms with E-state index in [2.05, 4.69) is 10.1 Å². The van der Waals surface area contributed by atoms with E-state index in [4.69, 9.17) is 4.74 Å². The van der Waals surface area contributed by atoms with Crippen molar-refractivity contribution in [3.05, 3.63) is 54.3 Å². The standard InChI is InChI=1S/C20H23F3N2O3/c1-14(19(26)24-16-6-10-18(11-7-16)28-20(22)23)25(2)12-3-13-27-17-8-4-15(21)5-9-17/h4-11,14,20H,3,12-13H2,1-2H3,(H,24,26). The summed E-state index contributed by atoms with van der Waals surface area (Å²) in [6.07, 6.45) is 0.686. The summed E-state index contributed by atoms with van der Waals surface area (Å²) < 4.78 is 46.9. The maximum atomic E-state index is 12.8. The van der Waals surface area contributed by atoms with Crippen LogP contribution in [0.2, 0.25) is 0 Å². The number of amides is 1. The molecule has 2 aromatic rings. The molecular formula is C20H23F3N2O3. The summed E-state index contributed by atoms with van der Waals surface area (Å²) in [6.45, 7) is -0.0572. The molecule has 28 heavy (non-hydrogen) atoms. The predicted octanol–water partition coefficient (Wildman–Crippen LogP) is 4.16. The van der Waals surface area contributed by atoms with Crippen molar-refractivity contribution >= 4 is 11.6 Å². The van der Waals surface area contributed by atoms with Crippen LogP contribution in [0.25, 0.3) is 0 Å². The molecule has 1 amide bonds. The number of hydrogen-bond donors (Lipinski definition) is 1. The Morgan fingerprint density at radius 2 is 1.68 bits per heavy atom. The predicted molar refractivity (Wildman–Crippen MR) is 100 cm³/mol. The highest BCUT2D eigenvalue weighted by Crippen LogP contribution is 2.18. The number of likely N-dealkylation sites (N-methyl/N-ethyl adjacent to an activating group) is 1. The number of rotatable bonds is 10. The van der Waals surface area contributed by atoms with Crippen LogP contribution in [0.4, 0.5) is 18.9 Å². The molecule has 2 rings (SSSR count). The Hall–Kier alpha value is -2.74. The van der Waals surface area contributed by atoms with E-state index in [9.17, 15) is 18.0 Å². The van der Waals surface area contributed by atoms with Gasteiger partial charge in [0, 0.05) is 12.2 Å². The fraction of sp³-hybridized carbons (Fsp3) is 0.350. The van der Waals surface area contributed by atoms with E-state index in [1.165, 1.54) is 36.4 Å². The van der Waals surface area contributed by atoms with Gasteiger partial charge in [-0.15, -0.1) is 0 Å². The number of anilines is 1. The van der Waals surface area contributed by atoms with Gasteiger partial charge in [0.1, 0.15) is 17.3 Å². The quantitative estimate of drug-likeness (QED) is 0.613. The van der Waals surface area contributed by atoms with E-state index in [-0.39, 0.29) is 17.5 Å². The molecule has 0 aliphatic rings. The van der Waals surface area contributed by atoms with Gasteiger partial charge in [0.15, 0.2) is 0 Å². The van der Waals surface area contributed by atoms with Gasteiger partial charge in [-0.25, -0.2) is 4.39 Å². The fourth-order valence-corrected chi connectivity index (χ4v) is 2.40. The molecule has 8 heteroatoms. The highest BCUT2D eigenvalue weighted by Gasteiger charge is 2.18. The Labute approximate surface area is 162 Å². The number of carbonyl (C=O) groups excluding carboxylic acids is 1. The second kappa shape index (κ2) is 10.6. The number of nitrogens with one attached hydrogen (secondary N) is 1. The van der Waals surface area contributed by atoms with E-state index in [0.717, 1.165) is 0 Å². The smallest absolute Gasteiger partial charge is 0.387 e. The van der Waals surface area contributed by atoms with Gasteiger partial charge in [-0.2, -0.15) is 8.78 Å². The zero-order valence-corrected chi connectivity index (χ0v) is 15.7. The van der Waals surface area contributed by atoms with E-state index in [0.29, 0.717) is 31.0 Å². The van der Waals surface area contributed by atoms with Gasteiger partial charge in [0.25, 0.3) is 0 Å². The molecule has 0 saturated carbocycles. The van der Waals surface area contributed by atoms with Crippen molar-refractivity contribution in [3.8, 4) is 11.5 Å². The summed E-state index contributed by atoms with van der Waals surface area (Å²) in [5.74, 6) is 0.0843. The van der Waals surface area contributed by atoms with Gasteiger partial charge in [-0.3, -0.25) is 9.69 Å². The highest BCUT2D eigenvalue weighted by molar-refractivity contribution is 5.94. The first-order valence-corrected chi connectivity index (χ1v) is 8.79. The van der Waals surface area contributed by atoms with Crippen LogP contribution in [-0.4, -0.2) is 43.7 Å². The summed E-state index contributed by atoms with van der Waals surface area (Å²) in [4.78, 5) is 14.2. The van der Waals surface area contributed by atoms with Crippen LogP contribution < -0.4 is 14.8 Å². The number of benzene rings is 2. The second-order valence-electron chi connectivity index (χ2n) is 6.20. The van der Waals surface area contributed by atoms with E-state index in [1.807, 2.05) is 11.9 Å². The summed E-state index contributed by atoms with van der Waals surface area (Å²) in [7, 11) is 1.82. The van der Waals surface area contributed by atoms with Crippen LogP contribution in [0.15, 0.2) is 48.5 Å². The molecule has 0 bridgehead atoms. The fourth-order valence-electron chi connectivity index (χ4n) is 2.40. The first kappa shape index (κ1) is 21.6. The summed E-state index contributed by atoms with van der Waals surface area (Å²) in [5, 5.41) is 2.73. The molecule has 0 spiro atoms. The van der Waals surface area contributed by atoms with Crippen molar-refractivity contribution in [2.45, 2.75) is 26.0 Å². The molecule has 0 aromatic heterocycles.